The standard InChI is InChI=1S/C20H23NO3/c1-14-5-7-15(8-6-14)19(16-9-11-17(24-2)12-10-16)21-13-3-4-18(21)20(22)23/h5-12,18-19H,3-4,13H2,1-2H3,(H,22,23). The van der Waals surface area contributed by atoms with Gasteiger partial charge in [0.15, 0.2) is 0 Å². The zero-order valence-electron chi connectivity index (χ0n) is 14.1. The lowest BCUT2D eigenvalue weighted by molar-refractivity contribution is -0.142. The monoisotopic (exact) mass is 325 g/mol. The summed E-state index contributed by atoms with van der Waals surface area (Å²) in [5.74, 6) is 0.0655. The zero-order valence-corrected chi connectivity index (χ0v) is 14.1. The van der Waals surface area contributed by atoms with Crippen molar-refractivity contribution in [2.45, 2.75) is 31.8 Å². The molecular formula is C20H23NO3. The molecule has 2 aromatic carbocycles. The fourth-order valence-corrected chi connectivity index (χ4v) is 3.47. The maximum absolute atomic E-state index is 11.7. The summed E-state index contributed by atoms with van der Waals surface area (Å²) in [7, 11) is 1.65. The number of nitrogens with zero attached hydrogens (tertiary/aromatic N) is 1. The zero-order chi connectivity index (χ0) is 17.1. The summed E-state index contributed by atoms with van der Waals surface area (Å²) in [5.41, 5.74) is 3.41. The molecule has 0 amide bonds. The summed E-state index contributed by atoms with van der Waals surface area (Å²) in [6.07, 6.45) is 1.61. The van der Waals surface area contributed by atoms with Gasteiger partial charge >= 0.3 is 5.97 Å². The molecule has 1 saturated heterocycles. The number of rotatable bonds is 5. The molecule has 0 radical (unpaired) electrons. The third kappa shape index (κ3) is 3.29. The Morgan fingerprint density at radius 3 is 2.25 bits per heavy atom. The predicted octanol–water partition coefficient (Wildman–Crippen LogP) is 3.64. The summed E-state index contributed by atoms with van der Waals surface area (Å²) >= 11 is 0. The Hall–Kier alpha value is -2.33. The predicted molar refractivity (Wildman–Crippen MR) is 93.4 cm³/mol. The average Bonchev–Trinajstić information content (AvgIpc) is 3.07. The largest absolute Gasteiger partial charge is 0.497 e. The van der Waals surface area contributed by atoms with Crippen LogP contribution in [0.2, 0.25) is 0 Å². The van der Waals surface area contributed by atoms with Crippen LogP contribution in [-0.4, -0.2) is 35.7 Å². The summed E-state index contributed by atoms with van der Waals surface area (Å²) in [6.45, 7) is 2.85. The fourth-order valence-electron chi connectivity index (χ4n) is 3.47. The first-order valence-electron chi connectivity index (χ1n) is 8.29. The van der Waals surface area contributed by atoms with E-state index in [1.165, 1.54) is 5.56 Å². The van der Waals surface area contributed by atoms with E-state index in [9.17, 15) is 9.90 Å². The number of methoxy groups -OCH3 is 1. The highest BCUT2D eigenvalue weighted by Gasteiger charge is 2.36. The topological polar surface area (TPSA) is 49.8 Å². The highest BCUT2D eigenvalue weighted by Crippen LogP contribution is 2.35. The first-order chi connectivity index (χ1) is 11.6. The van der Waals surface area contributed by atoms with E-state index in [0.29, 0.717) is 6.42 Å². The van der Waals surface area contributed by atoms with Crippen LogP contribution in [0, 0.1) is 6.92 Å². The number of carbonyl (C=O) groups is 1. The van der Waals surface area contributed by atoms with E-state index in [1.54, 1.807) is 7.11 Å². The molecule has 0 saturated carbocycles. The molecule has 2 unspecified atom stereocenters. The number of aliphatic carboxylic acids is 1. The smallest absolute Gasteiger partial charge is 0.320 e. The van der Waals surface area contributed by atoms with Crippen LogP contribution in [0.15, 0.2) is 48.5 Å². The molecule has 126 valence electrons. The van der Waals surface area contributed by atoms with Crippen molar-refractivity contribution in [2.75, 3.05) is 13.7 Å². The van der Waals surface area contributed by atoms with Crippen LogP contribution in [0.25, 0.3) is 0 Å². The maximum atomic E-state index is 11.7. The third-order valence-corrected chi connectivity index (χ3v) is 4.74. The maximum Gasteiger partial charge on any atom is 0.320 e. The molecule has 2 atom stereocenters. The molecule has 2 aromatic rings. The first kappa shape index (κ1) is 16.5. The van der Waals surface area contributed by atoms with Crippen molar-refractivity contribution in [3.8, 4) is 5.75 Å². The summed E-state index contributed by atoms with van der Waals surface area (Å²) < 4.78 is 5.25. The van der Waals surface area contributed by atoms with Gasteiger partial charge in [0.2, 0.25) is 0 Å². The highest BCUT2D eigenvalue weighted by molar-refractivity contribution is 5.74. The van der Waals surface area contributed by atoms with Gasteiger partial charge in [-0.05, 0) is 43.0 Å². The lowest BCUT2D eigenvalue weighted by Crippen LogP contribution is -2.39. The van der Waals surface area contributed by atoms with Gasteiger partial charge in [0, 0.05) is 6.54 Å². The van der Waals surface area contributed by atoms with Crippen LogP contribution in [-0.2, 0) is 4.79 Å². The van der Waals surface area contributed by atoms with Crippen molar-refractivity contribution < 1.29 is 14.6 Å². The van der Waals surface area contributed by atoms with Crippen molar-refractivity contribution in [3.63, 3.8) is 0 Å². The molecule has 0 bridgehead atoms. The van der Waals surface area contributed by atoms with Gasteiger partial charge in [-0.1, -0.05) is 42.0 Å². The van der Waals surface area contributed by atoms with Gasteiger partial charge in [-0.15, -0.1) is 0 Å². The molecule has 4 heteroatoms. The SMILES string of the molecule is COc1ccc(C(c2ccc(C)cc2)N2CCCC2C(=O)O)cc1. The number of carboxylic acids is 1. The van der Waals surface area contributed by atoms with Crippen molar-refractivity contribution in [2.24, 2.45) is 0 Å². The Labute approximate surface area is 142 Å². The Bertz CT molecular complexity index is 694. The van der Waals surface area contributed by atoms with Gasteiger partial charge in [-0.25, -0.2) is 0 Å². The molecule has 1 aliphatic heterocycles. The van der Waals surface area contributed by atoms with Crippen LogP contribution < -0.4 is 4.74 Å². The van der Waals surface area contributed by atoms with E-state index >= 15 is 0 Å². The molecule has 1 fully saturated rings. The minimum Gasteiger partial charge on any atom is -0.497 e. The van der Waals surface area contributed by atoms with Crippen LogP contribution >= 0.6 is 0 Å². The van der Waals surface area contributed by atoms with Crippen molar-refractivity contribution in [1.82, 2.24) is 4.90 Å². The van der Waals surface area contributed by atoms with Gasteiger partial charge in [-0.2, -0.15) is 0 Å². The Morgan fingerprint density at radius 2 is 1.71 bits per heavy atom. The van der Waals surface area contributed by atoms with Crippen LogP contribution in [0.3, 0.4) is 0 Å². The van der Waals surface area contributed by atoms with Gasteiger partial charge in [0.1, 0.15) is 11.8 Å². The van der Waals surface area contributed by atoms with Crippen LogP contribution in [0.1, 0.15) is 35.6 Å². The Balaban J connectivity index is 2.02. The summed E-state index contributed by atoms with van der Waals surface area (Å²) in [6, 6.07) is 15.8. The first-order valence-corrected chi connectivity index (χ1v) is 8.29. The lowest BCUT2D eigenvalue weighted by Gasteiger charge is -2.32. The Morgan fingerprint density at radius 1 is 1.12 bits per heavy atom. The molecule has 1 N–H and O–H groups in total. The Kier molecular flexibility index (Phi) is 4.86. The number of benzene rings is 2. The van der Waals surface area contributed by atoms with E-state index in [1.807, 2.05) is 24.3 Å². The number of ether oxygens (including phenoxy) is 1. The number of hydrogen-bond donors (Lipinski definition) is 1. The highest BCUT2D eigenvalue weighted by atomic mass is 16.5. The average molecular weight is 325 g/mol. The molecule has 1 heterocycles. The second kappa shape index (κ2) is 7.05. The molecule has 3 rings (SSSR count). The van der Waals surface area contributed by atoms with Gasteiger partial charge in [0.05, 0.1) is 13.2 Å². The van der Waals surface area contributed by atoms with Crippen molar-refractivity contribution in [1.29, 1.82) is 0 Å². The van der Waals surface area contributed by atoms with E-state index in [2.05, 4.69) is 36.1 Å². The minimum atomic E-state index is -0.738. The van der Waals surface area contributed by atoms with E-state index < -0.39 is 12.0 Å². The molecular weight excluding hydrogens is 302 g/mol. The number of hydrogen-bond acceptors (Lipinski definition) is 3. The summed E-state index contributed by atoms with van der Waals surface area (Å²) in [4.78, 5) is 13.8. The second-order valence-electron chi connectivity index (χ2n) is 6.32. The molecule has 24 heavy (non-hydrogen) atoms. The minimum absolute atomic E-state index is 0.0555. The van der Waals surface area contributed by atoms with E-state index in [0.717, 1.165) is 29.8 Å². The van der Waals surface area contributed by atoms with Crippen molar-refractivity contribution in [3.05, 3.63) is 65.2 Å². The number of aryl methyl sites for hydroxylation is 1. The molecule has 0 spiro atoms. The number of likely N-dealkylation sites (tertiary alicyclic amines) is 1. The quantitative estimate of drug-likeness (QED) is 0.912. The van der Waals surface area contributed by atoms with Crippen LogP contribution in [0.5, 0.6) is 5.75 Å². The van der Waals surface area contributed by atoms with Crippen LogP contribution in [0.4, 0.5) is 0 Å². The molecule has 1 aliphatic rings. The lowest BCUT2D eigenvalue weighted by atomic mass is 9.95. The van der Waals surface area contributed by atoms with E-state index in [-0.39, 0.29) is 6.04 Å². The van der Waals surface area contributed by atoms with E-state index in [4.69, 9.17) is 4.74 Å². The van der Waals surface area contributed by atoms with Gasteiger partial charge < -0.3 is 9.84 Å². The van der Waals surface area contributed by atoms with Gasteiger partial charge in [0.25, 0.3) is 0 Å². The molecule has 0 aliphatic carbocycles. The molecule has 4 nitrogen and oxygen atoms in total. The normalized spacial score (nSPS) is 19.2. The third-order valence-electron chi connectivity index (χ3n) is 4.74. The van der Waals surface area contributed by atoms with Gasteiger partial charge in [-0.3, -0.25) is 9.69 Å². The second-order valence-corrected chi connectivity index (χ2v) is 6.32. The van der Waals surface area contributed by atoms with Crippen molar-refractivity contribution >= 4 is 5.97 Å². The fraction of sp³-hybridized carbons (Fsp3) is 0.350. The number of carboxylic acid groups (broad SMARTS) is 1. The summed E-state index contributed by atoms with van der Waals surface area (Å²) in [5, 5.41) is 9.59. The molecule has 0 aromatic heterocycles.